The fourth-order valence-electron chi connectivity index (χ4n) is 1.82. The monoisotopic (exact) mass is 255 g/mol. The molecule has 2 N–H and O–H groups in total. The number of aromatic nitrogens is 1. The SMILES string of the molecule is CCc1ccccc1NC(=O)c1ccc(NC)nc1. The minimum atomic E-state index is -0.143. The normalized spacial score (nSPS) is 10.0. The number of carbonyl (C=O) groups is 1. The van der Waals surface area contributed by atoms with E-state index < -0.39 is 0 Å². The molecule has 1 aromatic carbocycles. The van der Waals surface area contributed by atoms with E-state index in [4.69, 9.17) is 0 Å². The van der Waals surface area contributed by atoms with Gasteiger partial charge in [0.2, 0.25) is 0 Å². The first kappa shape index (κ1) is 13.1. The van der Waals surface area contributed by atoms with Crippen LogP contribution in [-0.2, 0) is 6.42 Å². The van der Waals surface area contributed by atoms with Gasteiger partial charge in [-0.3, -0.25) is 4.79 Å². The van der Waals surface area contributed by atoms with Crippen molar-refractivity contribution in [2.24, 2.45) is 0 Å². The Labute approximate surface area is 112 Å². The largest absolute Gasteiger partial charge is 0.373 e. The van der Waals surface area contributed by atoms with Gasteiger partial charge in [-0.1, -0.05) is 25.1 Å². The van der Waals surface area contributed by atoms with E-state index >= 15 is 0 Å². The zero-order valence-corrected chi connectivity index (χ0v) is 11.1. The summed E-state index contributed by atoms with van der Waals surface area (Å²) in [5.74, 6) is 0.599. The molecule has 0 unspecified atom stereocenters. The summed E-state index contributed by atoms with van der Waals surface area (Å²) in [6.45, 7) is 2.06. The lowest BCUT2D eigenvalue weighted by molar-refractivity contribution is 0.102. The maximum absolute atomic E-state index is 12.1. The van der Waals surface area contributed by atoms with E-state index in [2.05, 4.69) is 22.5 Å². The van der Waals surface area contributed by atoms with Crippen molar-refractivity contribution in [2.45, 2.75) is 13.3 Å². The van der Waals surface area contributed by atoms with Crippen molar-refractivity contribution in [2.75, 3.05) is 17.7 Å². The minimum Gasteiger partial charge on any atom is -0.373 e. The molecule has 0 saturated carbocycles. The molecule has 1 aromatic heterocycles. The number of rotatable bonds is 4. The van der Waals surface area contributed by atoms with Crippen molar-refractivity contribution in [3.8, 4) is 0 Å². The second-order valence-corrected chi connectivity index (χ2v) is 4.15. The Balaban J connectivity index is 2.16. The average molecular weight is 255 g/mol. The molecule has 1 heterocycles. The zero-order valence-electron chi connectivity index (χ0n) is 11.1. The van der Waals surface area contributed by atoms with Gasteiger partial charge in [0.05, 0.1) is 5.56 Å². The summed E-state index contributed by atoms with van der Waals surface area (Å²) in [6.07, 6.45) is 2.45. The second-order valence-electron chi connectivity index (χ2n) is 4.15. The highest BCUT2D eigenvalue weighted by Crippen LogP contribution is 2.16. The number of amides is 1. The molecule has 0 radical (unpaired) electrons. The van der Waals surface area contributed by atoms with Crippen LogP contribution in [0.3, 0.4) is 0 Å². The van der Waals surface area contributed by atoms with Gasteiger partial charge in [0, 0.05) is 18.9 Å². The van der Waals surface area contributed by atoms with Crippen LogP contribution < -0.4 is 10.6 Å². The number of aryl methyl sites for hydroxylation is 1. The summed E-state index contributed by atoms with van der Waals surface area (Å²) in [6, 6.07) is 11.3. The van der Waals surface area contributed by atoms with Gasteiger partial charge in [-0.05, 0) is 30.2 Å². The average Bonchev–Trinajstić information content (AvgIpc) is 2.48. The maximum atomic E-state index is 12.1. The first-order valence-corrected chi connectivity index (χ1v) is 6.27. The second kappa shape index (κ2) is 6.00. The Morgan fingerprint density at radius 2 is 2.00 bits per heavy atom. The number of carbonyl (C=O) groups excluding carboxylic acids is 1. The van der Waals surface area contributed by atoms with Gasteiger partial charge in [-0.25, -0.2) is 4.98 Å². The number of nitrogens with zero attached hydrogens (tertiary/aromatic N) is 1. The van der Waals surface area contributed by atoms with Crippen LogP contribution in [0, 0.1) is 0 Å². The fourth-order valence-corrected chi connectivity index (χ4v) is 1.82. The predicted octanol–water partition coefficient (Wildman–Crippen LogP) is 2.94. The molecule has 98 valence electrons. The fraction of sp³-hybridized carbons (Fsp3) is 0.200. The standard InChI is InChI=1S/C15H17N3O/c1-3-11-6-4-5-7-13(11)18-15(19)12-8-9-14(16-2)17-10-12/h4-10H,3H2,1-2H3,(H,16,17)(H,18,19). The van der Waals surface area contributed by atoms with Crippen molar-refractivity contribution >= 4 is 17.4 Å². The first-order chi connectivity index (χ1) is 9.24. The lowest BCUT2D eigenvalue weighted by Gasteiger charge is -2.09. The van der Waals surface area contributed by atoms with Gasteiger partial charge in [-0.15, -0.1) is 0 Å². The van der Waals surface area contributed by atoms with E-state index in [1.807, 2.05) is 24.3 Å². The number of nitrogens with one attached hydrogen (secondary N) is 2. The Kier molecular flexibility index (Phi) is 4.13. The topological polar surface area (TPSA) is 54.0 Å². The highest BCUT2D eigenvalue weighted by molar-refractivity contribution is 6.04. The molecule has 0 aliphatic heterocycles. The summed E-state index contributed by atoms with van der Waals surface area (Å²) in [5, 5.41) is 5.83. The summed E-state index contributed by atoms with van der Waals surface area (Å²) in [5.41, 5.74) is 2.52. The molecular weight excluding hydrogens is 238 g/mol. The van der Waals surface area contributed by atoms with Gasteiger partial charge in [0.15, 0.2) is 0 Å². The predicted molar refractivity (Wildman–Crippen MR) is 77.6 cm³/mol. The number of hydrogen-bond donors (Lipinski definition) is 2. The lowest BCUT2D eigenvalue weighted by Crippen LogP contribution is -2.13. The highest BCUT2D eigenvalue weighted by atomic mass is 16.1. The van der Waals surface area contributed by atoms with E-state index in [0.717, 1.165) is 23.5 Å². The van der Waals surface area contributed by atoms with Crippen LogP contribution in [0.15, 0.2) is 42.6 Å². The van der Waals surface area contributed by atoms with Crippen LogP contribution in [0.1, 0.15) is 22.8 Å². The van der Waals surface area contributed by atoms with Crippen molar-refractivity contribution in [1.82, 2.24) is 4.98 Å². The molecule has 0 aliphatic rings. The summed E-state index contributed by atoms with van der Waals surface area (Å²) in [4.78, 5) is 16.2. The molecule has 0 bridgehead atoms. The van der Waals surface area contributed by atoms with Gasteiger partial charge in [0.25, 0.3) is 5.91 Å². The van der Waals surface area contributed by atoms with Crippen LogP contribution >= 0.6 is 0 Å². The van der Waals surface area contributed by atoms with Gasteiger partial charge in [0.1, 0.15) is 5.82 Å². The summed E-state index contributed by atoms with van der Waals surface area (Å²) in [7, 11) is 1.79. The quantitative estimate of drug-likeness (QED) is 0.883. The first-order valence-electron chi connectivity index (χ1n) is 6.27. The third kappa shape index (κ3) is 3.10. The molecule has 19 heavy (non-hydrogen) atoms. The smallest absolute Gasteiger partial charge is 0.257 e. The Bertz CT molecular complexity index is 564. The molecule has 2 rings (SSSR count). The van der Waals surface area contributed by atoms with Gasteiger partial charge >= 0.3 is 0 Å². The molecule has 0 saturated heterocycles. The van der Waals surface area contributed by atoms with Gasteiger partial charge < -0.3 is 10.6 Å². The third-order valence-electron chi connectivity index (χ3n) is 2.93. The van der Waals surface area contributed by atoms with Crippen molar-refractivity contribution in [1.29, 1.82) is 0 Å². The van der Waals surface area contributed by atoms with Crippen LogP contribution in [-0.4, -0.2) is 17.9 Å². The van der Waals surface area contributed by atoms with Gasteiger partial charge in [-0.2, -0.15) is 0 Å². The maximum Gasteiger partial charge on any atom is 0.257 e. The van der Waals surface area contributed by atoms with Crippen LogP contribution in [0.4, 0.5) is 11.5 Å². The Hall–Kier alpha value is -2.36. The summed E-state index contributed by atoms with van der Waals surface area (Å²) >= 11 is 0. The molecular formula is C15H17N3O. The number of para-hydroxylation sites is 1. The van der Waals surface area contributed by atoms with Crippen molar-refractivity contribution in [3.63, 3.8) is 0 Å². The molecule has 4 nitrogen and oxygen atoms in total. The van der Waals surface area contributed by atoms with E-state index in [1.165, 1.54) is 0 Å². The van der Waals surface area contributed by atoms with Crippen LogP contribution in [0.25, 0.3) is 0 Å². The van der Waals surface area contributed by atoms with Crippen LogP contribution in [0.5, 0.6) is 0 Å². The molecule has 0 aliphatic carbocycles. The van der Waals surface area contributed by atoms with Crippen molar-refractivity contribution < 1.29 is 4.79 Å². The number of anilines is 2. The molecule has 4 heteroatoms. The lowest BCUT2D eigenvalue weighted by atomic mass is 10.1. The third-order valence-corrected chi connectivity index (χ3v) is 2.93. The highest BCUT2D eigenvalue weighted by Gasteiger charge is 2.08. The number of benzene rings is 1. The molecule has 2 aromatic rings. The van der Waals surface area contributed by atoms with E-state index in [9.17, 15) is 4.79 Å². The molecule has 0 fully saturated rings. The number of hydrogen-bond acceptors (Lipinski definition) is 3. The molecule has 0 atom stereocenters. The molecule has 1 amide bonds. The van der Waals surface area contributed by atoms with E-state index in [-0.39, 0.29) is 5.91 Å². The zero-order chi connectivity index (χ0) is 13.7. The Morgan fingerprint density at radius 1 is 1.21 bits per heavy atom. The minimum absolute atomic E-state index is 0.143. The molecule has 0 spiro atoms. The Morgan fingerprint density at radius 3 is 2.63 bits per heavy atom. The number of pyridine rings is 1. The van der Waals surface area contributed by atoms with Crippen LogP contribution in [0.2, 0.25) is 0 Å². The summed E-state index contributed by atoms with van der Waals surface area (Å²) < 4.78 is 0. The van der Waals surface area contributed by atoms with E-state index in [1.54, 1.807) is 25.4 Å². The van der Waals surface area contributed by atoms with Crippen molar-refractivity contribution in [3.05, 3.63) is 53.7 Å². The van der Waals surface area contributed by atoms with E-state index in [0.29, 0.717) is 5.56 Å².